The van der Waals surface area contributed by atoms with Gasteiger partial charge in [-0.05, 0) is 25.1 Å². The molecule has 0 aliphatic rings. The summed E-state index contributed by atoms with van der Waals surface area (Å²) in [6, 6.07) is 7.87. The molecule has 1 aromatic carbocycles. The molecule has 0 saturated heterocycles. The summed E-state index contributed by atoms with van der Waals surface area (Å²) in [7, 11) is 3.48. The molecule has 2 aromatic rings. The summed E-state index contributed by atoms with van der Waals surface area (Å²) in [5.41, 5.74) is 2.81. The zero-order valence-electron chi connectivity index (χ0n) is 15.1. The van der Waals surface area contributed by atoms with Crippen molar-refractivity contribution in [3.8, 4) is 0 Å². The van der Waals surface area contributed by atoms with Crippen LogP contribution in [-0.4, -0.2) is 42.3 Å². The second-order valence-electron chi connectivity index (χ2n) is 5.80. The van der Waals surface area contributed by atoms with Crippen molar-refractivity contribution in [2.75, 3.05) is 25.5 Å². The first-order valence-electron chi connectivity index (χ1n) is 8.18. The van der Waals surface area contributed by atoms with Gasteiger partial charge in [-0.25, -0.2) is 4.98 Å². The Hall–Kier alpha value is -2.25. The molecule has 0 bridgehead atoms. The minimum absolute atomic E-state index is 0.0415. The summed E-state index contributed by atoms with van der Waals surface area (Å²) in [6.07, 6.45) is 0.840. The molecular weight excluding hydrogens is 336 g/mol. The number of anilines is 2. The average molecular weight is 360 g/mol. The van der Waals surface area contributed by atoms with Gasteiger partial charge >= 0.3 is 0 Å². The van der Waals surface area contributed by atoms with Crippen LogP contribution < -0.4 is 10.2 Å². The number of hydrogen-bond acceptors (Lipinski definition) is 5. The monoisotopic (exact) mass is 360 g/mol. The highest BCUT2D eigenvalue weighted by atomic mass is 32.1. The molecule has 6 nitrogen and oxygen atoms in total. The minimum atomic E-state index is -0.0690. The number of likely N-dealkylation sites (N-methyl/N-ethyl adjacent to an activating group) is 2. The topological polar surface area (TPSA) is 65.5 Å². The van der Waals surface area contributed by atoms with Gasteiger partial charge in [0.05, 0.1) is 17.9 Å². The van der Waals surface area contributed by atoms with E-state index >= 15 is 0 Å². The lowest BCUT2D eigenvalue weighted by molar-refractivity contribution is -0.121. The van der Waals surface area contributed by atoms with Crippen LogP contribution >= 0.6 is 11.3 Å². The zero-order valence-corrected chi connectivity index (χ0v) is 15.9. The number of hydrogen-bond donors (Lipinski definition) is 1. The van der Waals surface area contributed by atoms with Crippen molar-refractivity contribution in [3.05, 3.63) is 40.9 Å². The second-order valence-corrected chi connectivity index (χ2v) is 6.64. The van der Waals surface area contributed by atoms with Gasteiger partial charge in [-0.15, -0.1) is 11.3 Å². The fourth-order valence-electron chi connectivity index (χ4n) is 2.56. The van der Waals surface area contributed by atoms with E-state index in [4.69, 9.17) is 0 Å². The molecule has 25 heavy (non-hydrogen) atoms. The lowest BCUT2D eigenvalue weighted by atomic mass is 10.1. The maximum absolute atomic E-state index is 12.3. The molecule has 0 saturated carbocycles. The quantitative estimate of drug-likeness (QED) is 0.824. The summed E-state index contributed by atoms with van der Waals surface area (Å²) in [5, 5.41) is 5.18. The van der Waals surface area contributed by atoms with Crippen LogP contribution in [0.1, 0.15) is 25.1 Å². The predicted octanol–water partition coefficient (Wildman–Crippen LogP) is 2.57. The summed E-state index contributed by atoms with van der Waals surface area (Å²) in [6.45, 7) is 4.47. The van der Waals surface area contributed by atoms with Gasteiger partial charge in [-0.1, -0.05) is 25.1 Å². The number of para-hydroxylation sites is 1. The van der Waals surface area contributed by atoms with Gasteiger partial charge in [-0.2, -0.15) is 0 Å². The maximum Gasteiger partial charge on any atom is 0.233 e. The standard InChI is InChI=1S/C18H24N4O2S/c1-5-14-8-6-7-9-16(14)22(13(2)23)18-20-15(12-25-18)10-21(4)11-17(24)19-3/h6-9,12H,5,10-11H2,1-4H3,(H,19,24). The van der Waals surface area contributed by atoms with Crippen molar-refractivity contribution >= 4 is 34.0 Å². The highest BCUT2D eigenvalue weighted by Gasteiger charge is 2.20. The normalized spacial score (nSPS) is 10.8. The largest absolute Gasteiger partial charge is 0.358 e. The van der Waals surface area contributed by atoms with Crippen LogP contribution in [0.3, 0.4) is 0 Å². The fraction of sp³-hybridized carbons (Fsp3) is 0.389. The van der Waals surface area contributed by atoms with E-state index in [0.717, 1.165) is 23.4 Å². The lowest BCUT2D eigenvalue weighted by Crippen LogP contribution is -2.32. The Kier molecular flexibility index (Phi) is 6.66. The van der Waals surface area contributed by atoms with Crippen LogP contribution in [0.25, 0.3) is 0 Å². The summed E-state index contributed by atoms with van der Waals surface area (Å²) in [4.78, 5) is 31.9. The molecule has 134 valence electrons. The highest BCUT2D eigenvalue weighted by Crippen LogP contribution is 2.31. The van der Waals surface area contributed by atoms with E-state index < -0.39 is 0 Å². The number of benzene rings is 1. The number of nitrogens with one attached hydrogen (secondary N) is 1. The number of aromatic nitrogens is 1. The Morgan fingerprint density at radius 1 is 1.28 bits per heavy atom. The van der Waals surface area contributed by atoms with Crippen molar-refractivity contribution in [1.82, 2.24) is 15.2 Å². The molecule has 0 spiro atoms. The Balaban J connectivity index is 2.22. The first-order valence-corrected chi connectivity index (χ1v) is 9.06. The number of rotatable bonds is 7. The number of carbonyl (C=O) groups is 2. The smallest absolute Gasteiger partial charge is 0.233 e. The third-order valence-electron chi connectivity index (χ3n) is 3.78. The molecule has 7 heteroatoms. The predicted molar refractivity (Wildman–Crippen MR) is 101 cm³/mol. The van der Waals surface area contributed by atoms with E-state index in [0.29, 0.717) is 18.2 Å². The molecular formula is C18H24N4O2S. The van der Waals surface area contributed by atoms with Crippen LogP contribution in [0.15, 0.2) is 29.6 Å². The van der Waals surface area contributed by atoms with E-state index in [9.17, 15) is 9.59 Å². The number of thiazole rings is 1. The van der Waals surface area contributed by atoms with Crippen molar-refractivity contribution in [1.29, 1.82) is 0 Å². The Morgan fingerprint density at radius 3 is 2.64 bits per heavy atom. The van der Waals surface area contributed by atoms with E-state index in [1.165, 1.54) is 11.3 Å². The van der Waals surface area contributed by atoms with E-state index in [1.54, 1.807) is 18.9 Å². The number of amides is 2. The molecule has 0 aliphatic carbocycles. The van der Waals surface area contributed by atoms with Gasteiger partial charge in [-0.3, -0.25) is 19.4 Å². The van der Waals surface area contributed by atoms with Crippen molar-refractivity contribution in [3.63, 3.8) is 0 Å². The van der Waals surface area contributed by atoms with Crippen molar-refractivity contribution in [2.24, 2.45) is 0 Å². The Labute approximate surface area is 152 Å². The summed E-state index contributed by atoms with van der Waals surface area (Å²) in [5.74, 6) is -0.110. The molecule has 0 atom stereocenters. The van der Waals surface area contributed by atoms with Crippen LogP contribution in [0, 0.1) is 0 Å². The van der Waals surface area contributed by atoms with E-state index in [1.807, 2.05) is 41.6 Å². The summed E-state index contributed by atoms with van der Waals surface area (Å²) < 4.78 is 0. The van der Waals surface area contributed by atoms with Gasteiger partial charge in [0.15, 0.2) is 5.13 Å². The number of nitrogens with zero attached hydrogens (tertiary/aromatic N) is 3. The number of carbonyl (C=O) groups excluding carboxylic acids is 2. The molecule has 0 radical (unpaired) electrons. The molecule has 2 amide bonds. The molecule has 1 N–H and O–H groups in total. The van der Waals surface area contributed by atoms with Gasteiger partial charge in [0.2, 0.25) is 11.8 Å². The van der Waals surface area contributed by atoms with E-state index in [-0.39, 0.29) is 11.8 Å². The average Bonchev–Trinajstić information content (AvgIpc) is 3.02. The van der Waals surface area contributed by atoms with Crippen LogP contribution in [-0.2, 0) is 22.6 Å². The molecule has 0 fully saturated rings. The Morgan fingerprint density at radius 2 is 2.00 bits per heavy atom. The molecule has 2 rings (SSSR count). The van der Waals surface area contributed by atoms with E-state index in [2.05, 4.69) is 17.2 Å². The summed E-state index contributed by atoms with van der Waals surface area (Å²) >= 11 is 1.43. The number of aryl methyl sites for hydroxylation is 1. The van der Waals surface area contributed by atoms with Gasteiger partial charge in [0.25, 0.3) is 0 Å². The van der Waals surface area contributed by atoms with Crippen LogP contribution in [0.5, 0.6) is 0 Å². The molecule has 1 aromatic heterocycles. The molecule has 1 heterocycles. The van der Waals surface area contributed by atoms with Crippen molar-refractivity contribution in [2.45, 2.75) is 26.8 Å². The molecule has 0 aliphatic heterocycles. The van der Waals surface area contributed by atoms with Gasteiger partial charge in [0.1, 0.15) is 0 Å². The Bertz CT molecular complexity index is 744. The van der Waals surface area contributed by atoms with Crippen LogP contribution in [0.2, 0.25) is 0 Å². The maximum atomic E-state index is 12.3. The minimum Gasteiger partial charge on any atom is -0.358 e. The lowest BCUT2D eigenvalue weighted by Gasteiger charge is -2.21. The SMILES string of the molecule is CCc1ccccc1N(C(C)=O)c1nc(CN(C)CC(=O)NC)cs1. The van der Waals surface area contributed by atoms with Gasteiger partial charge in [0, 0.05) is 25.9 Å². The molecule has 0 unspecified atom stereocenters. The first-order chi connectivity index (χ1) is 12.0. The van der Waals surface area contributed by atoms with Crippen LogP contribution in [0.4, 0.5) is 10.8 Å². The van der Waals surface area contributed by atoms with Crippen molar-refractivity contribution < 1.29 is 9.59 Å². The zero-order chi connectivity index (χ0) is 18.4. The first kappa shape index (κ1) is 19.1. The second kappa shape index (κ2) is 8.73. The fourth-order valence-corrected chi connectivity index (χ4v) is 3.43. The third kappa shape index (κ3) is 4.87. The highest BCUT2D eigenvalue weighted by molar-refractivity contribution is 7.14. The third-order valence-corrected chi connectivity index (χ3v) is 4.66. The van der Waals surface area contributed by atoms with Gasteiger partial charge < -0.3 is 5.32 Å².